The Labute approximate surface area is 102 Å². The lowest BCUT2D eigenvalue weighted by atomic mass is 10.0. The van der Waals surface area contributed by atoms with Gasteiger partial charge in [0.05, 0.1) is 0 Å². The molecule has 0 fully saturated rings. The normalized spacial score (nSPS) is 11.9. The molecule has 0 atom stereocenters. The molecule has 0 heterocycles. The lowest BCUT2D eigenvalue weighted by molar-refractivity contribution is -0.135. The molecular weight excluding hydrogens is 216 g/mol. The molecule has 2 nitrogen and oxygen atoms in total. The first kappa shape index (κ1) is 15.7. The van der Waals surface area contributed by atoms with Gasteiger partial charge in [0.2, 0.25) is 8.32 Å². The summed E-state index contributed by atoms with van der Waals surface area (Å²) in [6.45, 7) is 10.7. The van der Waals surface area contributed by atoms with Gasteiger partial charge < -0.3 is 4.43 Å². The Morgan fingerprint density at radius 2 is 1.62 bits per heavy atom. The molecule has 0 aromatic carbocycles. The van der Waals surface area contributed by atoms with Gasteiger partial charge in [-0.05, 0) is 32.0 Å². The SMILES string of the molecule is CC(C)CCCCCCC(=O)O[Si](C)(C)C. The highest BCUT2D eigenvalue weighted by molar-refractivity contribution is 6.71. The standard InChI is InChI=1S/C13H28O2Si/c1-12(2)10-8-6-7-9-11-13(14)15-16(3,4)5/h12H,6-11H2,1-5H3. The maximum absolute atomic E-state index is 11.4. The summed E-state index contributed by atoms with van der Waals surface area (Å²) in [4.78, 5) is 11.4. The van der Waals surface area contributed by atoms with Crippen molar-refractivity contribution in [3.05, 3.63) is 0 Å². The molecule has 16 heavy (non-hydrogen) atoms. The summed E-state index contributed by atoms with van der Waals surface area (Å²) in [6, 6.07) is 0. The number of carbonyl (C=O) groups is 1. The van der Waals surface area contributed by atoms with Crippen molar-refractivity contribution in [3.8, 4) is 0 Å². The Hall–Kier alpha value is -0.313. The largest absolute Gasteiger partial charge is 0.520 e. The Kier molecular flexibility index (Phi) is 7.72. The summed E-state index contributed by atoms with van der Waals surface area (Å²) in [5.41, 5.74) is 0. The van der Waals surface area contributed by atoms with E-state index in [2.05, 4.69) is 13.8 Å². The molecule has 0 aliphatic carbocycles. The van der Waals surface area contributed by atoms with Crippen molar-refractivity contribution in [2.24, 2.45) is 5.92 Å². The molecule has 0 radical (unpaired) electrons. The van der Waals surface area contributed by atoms with Crippen LogP contribution in [0.1, 0.15) is 52.4 Å². The summed E-state index contributed by atoms with van der Waals surface area (Å²) in [7, 11) is -1.66. The molecular formula is C13H28O2Si. The first-order valence-electron chi connectivity index (χ1n) is 6.53. The maximum atomic E-state index is 11.4. The molecule has 0 N–H and O–H groups in total. The smallest absolute Gasteiger partial charge is 0.292 e. The van der Waals surface area contributed by atoms with Crippen LogP contribution in [-0.4, -0.2) is 14.3 Å². The van der Waals surface area contributed by atoms with Gasteiger partial charge in [-0.3, -0.25) is 4.79 Å². The van der Waals surface area contributed by atoms with Gasteiger partial charge >= 0.3 is 0 Å². The lowest BCUT2D eigenvalue weighted by Crippen LogP contribution is -2.28. The van der Waals surface area contributed by atoms with Crippen molar-refractivity contribution >= 4 is 14.3 Å². The fourth-order valence-corrected chi connectivity index (χ4v) is 2.35. The molecule has 0 rings (SSSR count). The van der Waals surface area contributed by atoms with Crippen LogP contribution in [-0.2, 0) is 9.22 Å². The Bertz CT molecular complexity index is 195. The van der Waals surface area contributed by atoms with Gasteiger partial charge in [0.1, 0.15) is 0 Å². The van der Waals surface area contributed by atoms with E-state index in [0.29, 0.717) is 6.42 Å². The van der Waals surface area contributed by atoms with E-state index in [1.165, 1.54) is 19.3 Å². The van der Waals surface area contributed by atoms with Crippen LogP contribution in [0, 0.1) is 5.92 Å². The van der Waals surface area contributed by atoms with Crippen LogP contribution >= 0.6 is 0 Å². The summed E-state index contributed by atoms with van der Waals surface area (Å²) in [5, 5.41) is 0. The quantitative estimate of drug-likeness (QED) is 0.468. The summed E-state index contributed by atoms with van der Waals surface area (Å²) in [6.07, 6.45) is 6.60. The van der Waals surface area contributed by atoms with Gasteiger partial charge in [-0.15, -0.1) is 0 Å². The average molecular weight is 244 g/mol. The second-order valence-electron chi connectivity index (χ2n) is 5.93. The third-order valence-corrected chi connectivity index (χ3v) is 3.17. The van der Waals surface area contributed by atoms with Crippen LogP contribution in [0.15, 0.2) is 0 Å². The first-order chi connectivity index (χ1) is 7.31. The van der Waals surface area contributed by atoms with E-state index in [1.54, 1.807) is 0 Å². The zero-order chi connectivity index (χ0) is 12.6. The number of hydrogen-bond donors (Lipinski definition) is 0. The number of rotatable bonds is 8. The van der Waals surface area contributed by atoms with Crippen LogP contribution in [0.2, 0.25) is 19.6 Å². The van der Waals surface area contributed by atoms with E-state index in [9.17, 15) is 4.79 Å². The fourth-order valence-electron chi connectivity index (χ4n) is 1.57. The Morgan fingerprint density at radius 1 is 1.06 bits per heavy atom. The lowest BCUT2D eigenvalue weighted by Gasteiger charge is -2.17. The van der Waals surface area contributed by atoms with Crippen molar-refractivity contribution < 1.29 is 9.22 Å². The van der Waals surface area contributed by atoms with E-state index in [1.807, 2.05) is 19.6 Å². The van der Waals surface area contributed by atoms with E-state index in [4.69, 9.17) is 4.43 Å². The second-order valence-corrected chi connectivity index (χ2v) is 10.4. The zero-order valence-electron chi connectivity index (χ0n) is 11.6. The van der Waals surface area contributed by atoms with Gasteiger partial charge in [0.15, 0.2) is 0 Å². The minimum atomic E-state index is -1.66. The number of unbranched alkanes of at least 4 members (excludes halogenated alkanes) is 3. The molecule has 0 aromatic rings. The molecule has 0 aliphatic heterocycles. The molecule has 0 saturated carbocycles. The number of hydrogen-bond acceptors (Lipinski definition) is 2. The van der Waals surface area contributed by atoms with Crippen LogP contribution in [0.25, 0.3) is 0 Å². The van der Waals surface area contributed by atoms with Crippen LogP contribution in [0.5, 0.6) is 0 Å². The fraction of sp³-hybridized carbons (Fsp3) is 0.923. The van der Waals surface area contributed by atoms with Crippen LogP contribution < -0.4 is 0 Å². The average Bonchev–Trinajstić information content (AvgIpc) is 2.07. The highest BCUT2D eigenvalue weighted by Crippen LogP contribution is 2.12. The maximum Gasteiger partial charge on any atom is 0.292 e. The van der Waals surface area contributed by atoms with Crippen molar-refractivity contribution in [1.29, 1.82) is 0 Å². The summed E-state index contributed by atoms with van der Waals surface area (Å²) < 4.78 is 5.38. The van der Waals surface area contributed by atoms with Crippen molar-refractivity contribution in [2.75, 3.05) is 0 Å². The summed E-state index contributed by atoms with van der Waals surface area (Å²) >= 11 is 0. The highest BCUT2D eigenvalue weighted by Gasteiger charge is 2.19. The van der Waals surface area contributed by atoms with E-state index >= 15 is 0 Å². The van der Waals surface area contributed by atoms with Crippen molar-refractivity contribution in [2.45, 2.75) is 72.0 Å². The van der Waals surface area contributed by atoms with Crippen molar-refractivity contribution in [1.82, 2.24) is 0 Å². The molecule has 0 amide bonds. The third kappa shape index (κ3) is 11.8. The van der Waals surface area contributed by atoms with E-state index < -0.39 is 8.32 Å². The monoisotopic (exact) mass is 244 g/mol. The third-order valence-electron chi connectivity index (χ3n) is 2.33. The minimum Gasteiger partial charge on any atom is -0.520 e. The molecule has 0 aliphatic rings. The van der Waals surface area contributed by atoms with Crippen molar-refractivity contribution in [3.63, 3.8) is 0 Å². The minimum absolute atomic E-state index is 0.00280. The molecule has 0 saturated heterocycles. The summed E-state index contributed by atoms with van der Waals surface area (Å²) in [5.74, 6) is 0.805. The highest BCUT2D eigenvalue weighted by atomic mass is 28.4. The van der Waals surface area contributed by atoms with Crippen LogP contribution in [0.3, 0.4) is 0 Å². The Morgan fingerprint density at radius 3 is 2.12 bits per heavy atom. The van der Waals surface area contributed by atoms with E-state index in [0.717, 1.165) is 18.8 Å². The van der Waals surface area contributed by atoms with Crippen LogP contribution in [0.4, 0.5) is 0 Å². The topological polar surface area (TPSA) is 26.3 Å². The van der Waals surface area contributed by atoms with E-state index in [-0.39, 0.29) is 5.97 Å². The Balaban J connectivity index is 3.35. The second kappa shape index (κ2) is 7.88. The predicted octanol–water partition coefficient (Wildman–Crippen LogP) is 4.36. The number of carbonyl (C=O) groups excluding carboxylic acids is 1. The zero-order valence-corrected chi connectivity index (χ0v) is 12.6. The molecule has 0 unspecified atom stereocenters. The molecule has 96 valence electrons. The predicted molar refractivity (Wildman–Crippen MR) is 72.0 cm³/mol. The van der Waals surface area contributed by atoms with Gasteiger partial charge in [-0.1, -0.05) is 39.5 Å². The molecule has 3 heteroatoms. The van der Waals surface area contributed by atoms with Gasteiger partial charge in [0, 0.05) is 6.42 Å². The molecule has 0 spiro atoms. The van der Waals surface area contributed by atoms with Gasteiger partial charge in [-0.2, -0.15) is 0 Å². The molecule has 0 aromatic heterocycles. The first-order valence-corrected chi connectivity index (χ1v) is 9.94. The molecule has 0 bridgehead atoms. The van der Waals surface area contributed by atoms with Gasteiger partial charge in [-0.25, -0.2) is 0 Å². The van der Waals surface area contributed by atoms with Gasteiger partial charge in [0.25, 0.3) is 5.97 Å².